The van der Waals surface area contributed by atoms with Crippen LogP contribution in [-0.2, 0) is 9.59 Å². The van der Waals surface area contributed by atoms with E-state index in [4.69, 9.17) is 21.6 Å². The second-order valence-electron chi connectivity index (χ2n) is 11.0. The number of halogens is 3. The van der Waals surface area contributed by atoms with Gasteiger partial charge in [-0.1, -0.05) is 11.6 Å². The lowest BCUT2D eigenvalue weighted by molar-refractivity contribution is -0.155. The van der Waals surface area contributed by atoms with Crippen LogP contribution in [0.3, 0.4) is 0 Å². The molecular weight excluding hydrogens is 612 g/mol. The van der Waals surface area contributed by atoms with Crippen molar-refractivity contribution in [3.8, 4) is 11.8 Å². The summed E-state index contributed by atoms with van der Waals surface area (Å²) in [5.41, 5.74) is -2.94. The van der Waals surface area contributed by atoms with E-state index in [9.17, 15) is 28.3 Å². The number of piperidine rings is 1. The summed E-state index contributed by atoms with van der Waals surface area (Å²) in [7, 11) is 0. The molecule has 3 N–H and O–H groups in total. The van der Waals surface area contributed by atoms with Crippen LogP contribution >= 0.6 is 11.6 Å². The van der Waals surface area contributed by atoms with Gasteiger partial charge in [0, 0.05) is 37.4 Å². The quantitative estimate of drug-likeness (QED) is 0.418. The van der Waals surface area contributed by atoms with E-state index < -0.39 is 41.2 Å². The van der Waals surface area contributed by atoms with Crippen molar-refractivity contribution in [1.82, 2.24) is 15.1 Å². The summed E-state index contributed by atoms with van der Waals surface area (Å²) in [6.45, 7) is 3.15. The molecule has 0 saturated carbocycles. The molecule has 236 valence electrons. The first-order valence-electron chi connectivity index (χ1n) is 14.2. The number of aliphatic imine (C=N–C) groups is 2. The number of piperazine rings is 1. The fraction of sp³-hybridized carbons (Fsp3) is 0.400. The number of nitriles is 1. The standard InChI is InChI=1S/C30H30ClF2N7O5/c1-29(36-17-22(38-29)20-4-5-23(45-15-8-34)25(33)24(20)32)27(42)37-18-2-3-19(21(31)16-18)26(41)39-11-13-40(14-12-39)28(43)30(44)6-9-35-10-7-30/h2-5,16-17,35,44H,6-7,9-15H2,1H3,(H,37,42). The van der Waals surface area contributed by atoms with Gasteiger partial charge in [0.25, 0.3) is 17.7 Å². The van der Waals surface area contributed by atoms with Crippen molar-refractivity contribution in [2.45, 2.75) is 31.0 Å². The van der Waals surface area contributed by atoms with Gasteiger partial charge in [-0.15, -0.1) is 0 Å². The Bertz CT molecular complexity index is 1630. The summed E-state index contributed by atoms with van der Waals surface area (Å²) >= 11 is 6.44. The van der Waals surface area contributed by atoms with Crippen molar-refractivity contribution in [2.75, 3.05) is 51.2 Å². The molecule has 0 bridgehead atoms. The van der Waals surface area contributed by atoms with Crippen LogP contribution in [0.15, 0.2) is 40.3 Å². The zero-order valence-corrected chi connectivity index (χ0v) is 25.0. The number of carbonyl (C=O) groups is 3. The van der Waals surface area contributed by atoms with Gasteiger partial charge in [-0.05, 0) is 63.2 Å². The van der Waals surface area contributed by atoms with E-state index in [1.54, 1.807) is 15.9 Å². The van der Waals surface area contributed by atoms with Gasteiger partial charge >= 0.3 is 0 Å². The average molecular weight is 642 g/mol. The highest BCUT2D eigenvalue weighted by Crippen LogP contribution is 2.29. The highest BCUT2D eigenvalue weighted by Gasteiger charge is 2.41. The molecule has 2 aromatic carbocycles. The highest BCUT2D eigenvalue weighted by molar-refractivity contribution is 6.40. The third-order valence-corrected chi connectivity index (χ3v) is 8.27. The average Bonchev–Trinajstić information content (AvgIpc) is 3.44. The lowest BCUT2D eigenvalue weighted by atomic mass is 9.90. The number of amides is 3. The first kappa shape index (κ1) is 32.0. The lowest BCUT2D eigenvalue weighted by Gasteiger charge is -2.40. The zero-order valence-electron chi connectivity index (χ0n) is 24.3. The Morgan fingerprint density at radius 1 is 1.11 bits per heavy atom. The van der Waals surface area contributed by atoms with Crippen LogP contribution < -0.4 is 15.4 Å². The number of hydrogen-bond acceptors (Lipinski definition) is 9. The Hall–Kier alpha value is -4.45. The number of anilines is 1. The van der Waals surface area contributed by atoms with Crippen molar-refractivity contribution in [3.63, 3.8) is 0 Å². The molecule has 12 nitrogen and oxygen atoms in total. The number of hydrogen-bond donors (Lipinski definition) is 3. The second kappa shape index (κ2) is 12.9. The fourth-order valence-corrected chi connectivity index (χ4v) is 5.58. The zero-order chi connectivity index (χ0) is 32.4. The van der Waals surface area contributed by atoms with Crippen LogP contribution in [0.1, 0.15) is 35.7 Å². The molecule has 2 saturated heterocycles. The number of rotatable bonds is 7. The molecule has 2 fully saturated rings. The fourth-order valence-electron chi connectivity index (χ4n) is 5.32. The van der Waals surface area contributed by atoms with E-state index in [1.807, 2.05) is 0 Å². The lowest BCUT2D eigenvalue weighted by Crippen LogP contribution is -2.59. The maximum Gasteiger partial charge on any atom is 0.274 e. The Balaban J connectivity index is 1.21. The van der Waals surface area contributed by atoms with Crippen LogP contribution in [0.25, 0.3) is 0 Å². The molecular formula is C30H30ClF2N7O5. The highest BCUT2D eigenvalue weighted by atomic mass is 35.5. The Labute approximate surface area is 262 Å². The van der Waals surface area contributed by atoms with E-state index >= 15 is 0 Å². The normalized spacial score (nSPS) is 20.8. The maximum absolute atomic E-state index is 14.7. The summed E-state index contributed by atoms with van der Waals surface area (Å²) in [5.74, 6) is -4.34. The van der Waals surface area contributed by atoms with Crippen LogP contribution in [0.2, 0.25) is 5.02 Å². The second-order valence-corrected chi connectivity index (χ2v) is 11.4. The van der Waals surface area contributed by atoms with Crippen LogP contribution in [0, 0.1) is 23.0 Å². The summed E-state index contributed by atoms with van der Waals surface area (Å²) in [6, 6.07) is 8.40. The van der Waals surface area contributed by atoms with Crippen molar-refractivity contribution in [1.29, 1.82) is 5.26 Å². The van der Waals surface area contributed by atoms with Gasteiger partial charge in [0.15, 0.2) is 18.2 Å². The van der Waals surface area contributed by atoms with E-state index in [-0.39, 0.29) is 65.5 Å². The van der Waals surface area contributed by atoms with E-state index in [2.05, 4.69) is 20.6 Å². The Kier molecular flexibility index (Phi) is 9.15. The van der Waals surface area contributed by atoms with Crippen molar-refractivity contribution in [2.24, 2.45) is 9.98 Å². The molecule has 2 aromatic rings. The minimum Gasteiger partial charge on any atom is -0.476 e. The van der Waals surface area contributed by atoms with E-state index in [0.717, 1.165) is 12.3 Å². The van der Waals surface area contributed by atoms with Crippen LogP contribution in [-0.4, -0.2) is 102 Å². The van der Waals surface area contributed by atoms with Gasteiger partial charge in [0.1, 0.15) is 11.7 Å². The van der Waals surface area contributed by atoms with Gasteiger partial charge in [0.05, 0.1) is 22.5 Å². The van der Waals surface area contributed by atoms with E-state index in [0.29, 0.717) is 25.9 Å². The molecule has 0 radical (unpaired) electrons. The summed E-state index contributed by atoms with van der Waals surface area (Å²) in [4.78, 5) is 50.7. The number of nitrogens with one attached hydrogen (secondary N) is 2. The maximum atomic E-state index is 14.7. The number of benzene rings is 2. The largest absolute Gasteiger partial charge is 0.476 e. The smallest absolute Gasteiger partial charge is 0.274 e. The minimum absolute atomic E-state index is 0.0680. The summed E-state index contributed by atoms with van der Waals surface area (Å²) < 4.78 is 34.0. The van der Waals surface area contributed by atoms with Gasteiger partial charge in [-0.3, -0.25) is 19.4 Å². The van der Waals surface area contributed by atoms with Crippen LogP contribution in [0.5, 0.6) is 5.75 Å². The molecule has 0 aromatic heterocycles. The van der Waals surface area contributed by atoms with Gasteiger partial charge < -0.3 is 30.3 Å². The number of ether oxygens (including phenoxy) is 1. The number of aliphatic hydroxyl groups is 1. The minimum atomic E-state index is -1.70. The molecule has 0 aliphatic carbocycles. The molecule has 3 heterocycles. The first-order valence-corrected chi connectivity index (χ1v) is 14.6. The molecule has 45 heavy (non-hydrogen) atoms. The Morgan fingerprint density at radius 3 is 2.47 bits per heavy atom. The summed E-state index contributed by atoms with van der Waals surface area (Å²) in [5, 5.41) is 25.2. The Morgan fingerprint density at radius 2 is 1.80 bits per heavy atom. The van der Waals surface area contributed by atoms with Crippen molar-refractivity contribution >= 4 is 46.9 Å². The predicted octanol–water partition coefficient (Wildman–Crippen LogP) is 2.15. The monoisotopic (exact) mass is 641 g/mol. The van der Waals surface area contributed by atoms with Gasteiger partial charge in [-0.2, -0.15) is 9.65 Å². The molecule has 3 aliphatic heterocycles. The third-order valence-electron chi connectivity index (χ3n) is 7.96. The number of carbonyl (C=O) groups excluding carboxylic acids is 3. The number of nitrogens with zero attached hydrogens (tertiary/aromatic N) is 5. The van der Waals surface area contributed by atoms with Gasteiger partial charge in [-0.25, -0.2) is 9.38 Å². The van der Waals surface area contributed by atoms with Crippen LogP contribution in [0.4, 0.5) is 14.5 Å². The van der Waals surface area contributed by atoms with Crippen molar-refractivity contribution in [3.05, 3.63) is 58.1 Å². The molecule has 3 amide bonds. The van der Waals surface area contributed by atoms with Crippen molar-refractivity contribution < 1.29 is 33.0 Å². The molecule has 3 aliphatic rings. The molecule has 0 spiro atoms. The first-order chi connectivity index (χ1) is 21.5. The van der Waals surface area contributed by atoms with E-state index in [1.165, 1.54) is 31.2 Å². The van der Waals surface area contributed by atoms with Gasteiger partial charge in [0.2, 0.25) is 11.5 Å². The molecule has 5 rings (SSSR count). The molecule has 1 unspecified atom stereocenters. The topological polar surface area (TPSA) is 160 Å². The summed E-state index contributed by atoms with van der Waals surface area (Å²) in [6.07, 6.45) is 1.84. The molecule has 15 heteroatoms. The third kappa shape index (κ3) is 6.51. The molecule has 1 atom stereocenters. The predicted molar refractivity (Wildman–Crippen MR) is 161 cm³/mol. The SMILES string of the molecule is CC1(C(=O)Nc2ccc(C(=O)N3CCN(C(=O)C4(O)CCNCC4)CC3)c(Cl)c2)N=CC(c2ccc(OCC#N)c(F)c2F)=N1.